The minimum atomic E-state index is -0.666. The van der Waals surface area contributed by atoms with Gasteiger partial charge in [-0.3, -0.25) is 9.78 Å². The summed E-state index contributed by atoms with van der Waals surface area (Å²) in [7, 11) is 0. The summed E-state index contributed by atoms with van der Waals surface area (Å²) in [6.07, 6.45) is 3.63. The number of hydrogen-bond acceptors (Lipinski definition) is 5. The minimum Gasteiger partial charge on any atom is -0.462 e. The quantitative estimate of drug-likeness (QED) is 0.670. The number of fused-ring (bicyclic) bond motifs is 1. The van der Waals surface area contributed by atoms with Gasteiger partial charge in [-0.2, -0.15) is 0 Å². The molecule has 0 spiro atoms. The van der Waals surface area contributed by atoms with E-state index < -0.39 is 11.5 Å². The number of para-hydroxylation sites is 2. The van der Waals surface area contributed by atoms with Gasteiger partial charge in [0.1, 0.15) is 5.54 Å². The van der Waals surface area contributed by atoms with Gasteiger partial charge < -0.3 is 15.0 Å². The molecule has 2 heterocycles. The maximum absolute atomic E-state index is 12.7. The molecule has 1 N–H and O–H groups in total. The summed E-state index contributed by atoms with van der Waals surface area (Å²) in [5.74, 6) is -0.398. The normalized spacial score (nSPS) is 15.3. The van der Waals surface area contributed by atoms with Crippen molar-refractivity contribution in [2.24, 2.45) is 0 Å². The van der Waals surface area contributed by atoms with Gasteiger partial charge in [-0.05, 0) is 44.5 Å². The molecule has 2 aromatic rings. The zero-order valence-electron chi connectivity index (χ0n) is 14.4. The number of nitrogens with zero attached hydrogens (tertiary/aromatic N) is 2. The zero-order valence-corrected chi connectivity index (χ0v) is 14.4. The Morgan fingerprint density at radius 3 is 2.80 bits per heavy atom. The number of esters is 1. The van der Waals surface area contributed by atoms with E-state index in [0.717, 1.165) is 11.4 Å². The van der Waals surface area contributed by atoms with Crippen molar-refractivity contribution >= 4 is 23.3 Å². The predicted molar refractivity (Wildman–Crippen MR) is 95.6 cm³/mol. The van der Waals surface area contributed by atoms with E-state index in [4.69, 9.17) is 4.74 Å². The third-order valence-electron chi connectivity index (χ3n) is 4.08. The van der Waals surface area contributed by atoms with Crippen LogP contribution in [0, 0.1) is 0 Å². The summed E-state index contributed by atoms with van der Waals surface area (Å²) in [4.78, 5) is 30.3. The average molecular weight is 339 g/mol. The number of hydrogen-bond donors (Lipinski definition) is 1. The predicted octanol–water partition coefficient (Wildman–Crippen LogP) is 2.87. The van der Waals surface area contributed by atoms with Crippen molar-refractivity contribution in [3.63, 3.8) is 0 Å². The maximum Gasteiger partial charge on any atom is 0.339 e. The van der Waals surface area contributed by atoms with E-state index in [-0.39, 0.29) is 12.5 Å². The fourth-order valence-corrected chi connectivity index (χ4v) is 2.83. The first-order valence-corrected chi connectivity index (χ1v) is 8.25. The lowest BCUT2D eigenvalue weighted by atomic mass is 9.98. The van der Waals surface area contributed by atoms with Crippen LogP contribution in [0.3, 0.4) is 0 Å². The van der Waals surface area contributed by atoms with Crippen molar-refractivity contribution in [2.75, 3.05) is 23.4 Å². The first kappa shape index (κ1) is 17.0. The summed E-state index contributed by atoms with van der Waals surface area (Å²) in [5.41, 5.74) is 1.54. The Kier molecular flexibility index (Phi) is 4.70. The van der Waals surface area contributed by atoms with Gasteiger partial charge in [0.15, 0.2) is 0 Å². The van der Waals surface area contributed by atoms with Gasteiger partial charge in [-0.1, -0.05) is 12.1 Å². The van der Waals surface area contributed by atoms with Gasteiger partial charge in [0, 0.05) is 18.9 Å². The molecule has 0 aliphatic carbocycles. The number of rotatable bonds is 5. The molecule has 1 aromatic carbocycles. The standard InChI is InChI=1S/C19H21N3O3/c1-19(2)18(24)22(16-9-4-3-8-15(16)21-19)11-6-12-25-17(23)14-7-5-10-20-13-14/h3-5,7-10,13,21H,6,11-12H2,1-2H3. The molecule has 0 radical (unpaired) electrons. The van der Waals surface area contributed by atoms with Gasteiger partial charge in [0.05, 0.1) is 23.5 Å². The van der Waals surface area contributed by atoms with Crippen LogP contribution in [0.4, 0.5) is 11.4 Å². The van der Waals surface area contributed by atoms with Gasteiger partial charge in [0.2, 0.25) is 0 Å². The molecule has 0 atom stereocenters. The third-order valence-corrected chi connectivity index (χ3v) is 4.08. The summed E-state index contributed by atoms with van der Waals surface area (Å²) >= 11 is 0. The Morgan fingerprint density at radius 2 is 2.04 bits per heavy atom. The molecule has 3 rings (SSSR count). The van der Waals surface area contributed by atoms with Gasteiger partial charge >= 0.3 is 5.97 Å². The Labute approximate surface area is 146 Å². The summed E-state index contributed by atoms with van der Waals surface area (Å²) in [6.45, 7) is 4.45. The topological polar surface area (TPSA) is 71.5 Å². The molecule has 1 aromatic heterocycles. The molecular weight excluding hydrogens is 318 g/mol. The SMILES string of the molecule is CC1(C)Nc2ccccc2N(CCCOC(=O)c2cccnc2)C1=O. The summed E-state index contributed by atoms with van der Waals surface area (Å²) < 4.78 is 5.26. The Morgan fingerprint density at radius 1 is 1.24 bits per heavy atom. The molecule has 1 amide bonds. The van der Waals surface area contributed by atoms with Crippen LogP contribution < -0.4 is 10.2 Å². The van der Waals surface area contributed by atoms with Crippen molar-refractivity contribution in [1.29, 1.82) is 0 Å². The van der Waals surface area contributed by atoms with Crippen molar-refractivity contribution in [3.05, 3.63) is 54.4 Å². The Bertz CT molecular complexity index is 774. The first-order chi connectivity index (χ1) is 12.0. The fraction of sp³-hybridized carbons (Fsp3) is 0.316. The highest BCUT2D eigenvalue weighted by atomic mass is 16.5. The maximum atomic E-state index is 12.7. The van der Waals surface area contributed by atoms with E-state index in [9.17, 15) is 9.59 Å². The molecular formula is C19H21N3O3. The lowest BCUT2D eigenvalue weighted by Gasteiger charge is -2.39. The second-order valence-corrected chi connectivity index (χ2v) is 6.46. The van der Waals surface area contributed by atoms with Crippen molar-refractivity contribution in [2.45, 2.75) is 25.8 Å². The summed E-state index contributed by atoms with van der Waals surface area (Å²) in [6, 6.07) is 11.1. The number of benzene rings is 1. The third kappa shape index (κ3) is 3.63. The average Bonchev–Trinajstić information content (AvgIpc) is 2.61. The molecule has 1 aliphatic rings. The molecule has 6 nitrogen and oxygen atoms in total. The van der Waals surface area contributed by atoms with Crippen LogP contribution in [0.15, 0.2) is 48.8 Å². The highest BCUT2D eigenvalue weighted by Gasteiger charge is 2.38. The van der Waals surface area contributed by atoms with Crippen LogP contribution in [0.2, 0.25) is 0 Å². The Hall–Kier alpha value is -2.89. The van der Waals surface area contributed by atoms with E-state index in [2.05, 4.69) is 10.3 Å². The molecule has 0 unspecified atom stereocenters. The molecule has 0 fully saturated rings. The van der Waals surface area contributed by atoms with Gasteiger partial charge in [-0.15, -0.1) is 0 Å². The number of ether oxygens (including phenoxy) is 1. The molecule has 25 heavy (non-hydrogen) atoms. The zero-order chi connectivity index (χ0) is 17.9. The lowest BCUT2D eigenvalue weighted by molar-refractivity contribution is -0.122. The van der Waals surface area contributed by atoms with E-state index >= 15 is 0 Å². The molecule has 1 aliphatic heterocycles. The van der Waals surface area contributed by atoms with Crippen LogP contribution in [0.25, 0.3) is 0 Å². The number of carbonyl (C=O) groups is 2. The highest BCUT2D eigenvalue weighted by Crippen LogP contribution is 2.34. The lowest BCUT2D eigenvalue weighted by Crippen LogP contribution is -2.54. The van der Waals surface area contributed by atoms with Gasteiger partial charge in [-0.25, -0.2) is 4.79 Å². The minimum absolute atomic E-state index is 0.00443. The van der Waals surface area contributed by atoms with Crippen molar-refractivity contribution in [3.8, 4) is 0 Å². The molecule has 0 saturated carbocycles. The number of pyridine rings is 1. The smallest absolute Gasteiger partial charge is 0.339 e. The second kappa shape index (κ2) is 6.93. The Balaban J connectivity index is 1.61. The number of anilines is 2. The van der Waals surface area contributed by atoms with Crippen LogP contribution in [0.1, 0.15) is 30.6 Å². The first-order valence-electron chi connectivity index (χ1n) is 8.25. The number of aromatic nitrogens is 1. The van der Waals surface area contributed by atoms with Gasteiger partial charge in [0.25, 0.3) is 5.91 Å². The van der Waals surface area contributed by atoms with E-state index in [1.807, 2.05) is 38.1 Å². The van der Waals surface area contributed by atoms with Crippen LogP contribution in [-0.2, 0) is 9.53 Å². The van der Waals surface area contributed by atoms with Crippen LogP contribution in [-0.4, -0.2) is 35.6 Å². The molecule has 0 saturated heterocycles. The molecule has 130 valence electrons. The highest BCUT2D eigenvalue weighted by molar-refractivity contribution is 6.07. The van der Waals surface area contributed by atoms with Crippen molar-refractivity contribution in [1.82, 2.24) is 4.98 Å². The monoisotopic (exact) mass is 339 g/mol. The molecule has 0 bridgehead atoms. The number of amides is 1. The largest absolute Gasteiger partial charge is 0.462 e. The van der Waals surface area contributed by atoms with Crippen LogP contribution >= 0.6 is 0 Å². The van der Waals surface area contributed by atoms with E-state index in [1.54, 1.807) is 23.2 Å². The van der Waals surface area contributed by atoms with Crippen LogP contribution in [0.5, 0.6) is 0 Å². The number of carbonyl (C=O) groups excluding carboxylic acids is 2. The molecule has 6 heteroatoms. The second-order valence-electron chi connectivity index (χ2n) is 6.46. The number of nitrogens with one attached hydrogen (secondary N) is 1. The van der Waals surface area contributed by atoms with E-state index in [1.165, 1.54) is 6.20 Å². The summed E-state index contributed by atoms with van der Waals surface area (Å²) in [5, 5.41) is 3.26. The fourth-order valence-electron chi connectivity index (χ4n) is 2.83. The van der Waals surface area contributed by atoms with E-state index in [0.29, 0.717) is 18.5 Å². The van der Waals surface area contributed by atoms with Crippen molar-refractivity contribution < 1.29 is 14.3 Å².